The van der Waals surface area contributed by atoms with E-state index in [4.69, 9.17) is 0 Å². The summed E-state index contributed by atoms with van der Waals surface area (Å²) < 4.78 is 40.0. The first kappa shape index (κ1) is 16.0. The smallest absolute Gasteiger partial charge is 0.295 e. The van der Waals surface area contributed by atoms with Crippen molar-refractivity contribution in [1.82, 2.24) is 24.7 Å². The highest BCUT2D eigenvalue weighted by molar-refractivity contribution is 6.03. The first-order valence-electron chi connectivity index (χ1n) is 7.07. The summed E-state index contributed by atoms with van der Waals surface area (Å²) in [6, 6.07) is 3.43. The number of carbonyl (C=O) groups is 1. The lowest BCUT2D eigenvalue weighted by Gasteiger charge is -2.07. The van der Waals surface area contributed by atoms with E-state index in [0.717, 1.165) is 0 Å². The number of anilines is 1. The lowest BCUT2D eigenvalue weighted by molar-refractivity contribution is -0.141. The Bertz CT molecular complexity index is 911. The van der Waals surface area contributed by atoms with E-state index < -0.39 is 17.8 Å². The van der Waals surface area contributed by atoms with E-state index in [1.807, 2.05) is 12.0 Å². The molecule has 0 aromatic carbocycles. The van der Waals surface area contributed by atoms with Crippen LogP contribution in [0.3, 0.4) is 0 Å². The van der Waals surface area contributed by atoms with Crippen molar-refractivity contribution in [2.45, 2.75) is 26.6 Å². The van der Waals surface area contributed by atoms with E-state index >= 15 is 0 Å². The summed E-state index contributed by atoms with van der Waals surface area (Å²) in [6.45, 7) is 3.51. The highest BCUT2D eigenvalue weighted by Crippen LogP contribution is 2.31. The summed E-state index contributed by atoms with van der Waals surface area (Å²) in [4.78, 5) is 20.7. The molecule has 0 bridgehead atoms. The summed E-state index contributed by atoms with van der Waals surface area (Å²) in [5.74, 6) is -0.573. The van der Waals surface area contributed by atoms with Gasteiger partial charge in [-0.2, -0.15) is 18.3 Å². The van der Waals surface area contributed by atoms with Crippen LogP contribution >= 0.6 is 0 Å². The molecule has 3 aromatic rings. The quantitative estimate of drug-likeness (QED) is 0.768. The normalized spacial score (nSPS) is 11.9. The van der Waals surface area contributed by atoms with Gasteiger partial charge in [-0.05, 0) is 26.0 Å². The Balaban J connectivity index is 1.95. The number of hydrogen-bond acceptors (Lipinski definition) is 4. The van der Waals surface area contributed by atoms with Gasteiger partial charge >= 0.3 is 6.18 Å². The van der Waals surface area contributed by atoms with E-state index in [1.54, 1.807) is 22.9 Å². The maximum atomic E-state index is 12.8. The second-order valence-corrected chi connectivity index (χ2v) is 5.05. The van der Waals surface area contributed by atoms with Crippen molar-refractivity contribution in [2.24, 2.45) is 0 Å². The Morgan fingerprint density at radius 2 is 2.17 bits per heavy atom. The summed E-state index contributed by atoms with van der Waals surface area (Å²) in [5, 5.41) is 7.83. The first-order chi connectivity index (χ1) is 11.3. The zero-order chi connectivity index (χ0) is 17.5. The summed E-state index contributed by atoms with van der Waals surface area (Å²) in [7, 11) is 0. The van der Waals surface area contributed by atoms with Gasteiger partial charge in [0.2, 0.25) is 5.95 Å². The molecule has 24 heavy (non-hydrogen) atoms. The molecule has 126 valence electrons. The number of aromatic amines is 1. The molecule has 0 radical (unpaired) electrons. The fourth-order valence-corrected chi connectivity index (χ4v) is 2.41. The van der Waals surface area contributed by atoms with Gasteiger partial charge in [0.25, 0.3) is 5.91 Å². The van der Waals surface area contributed by atoms with Gasteiger partial charge in [-0.15, -0.1) is 0 Å². The minimum atomic E-state index is -4.60. The topological polar surface area (TPSA) is 88.5 Å². The average molecular weight is 338 g/mol. The second-order valence-electron chi connectivity index (χ2n) is 5.05. The third-order valence-electron chi connectivity index (χ3n) is 3.55. The summed E-state index contributed by atoms with van der Waals surface area (Å²) in [5.41, 5.74) is -0.491. The van der Waals surface area contributed by atoms with Crippen LogP contribution in [0.5, 0.6) is 0 Å². The average Bonchev–Trinajstić information content (AvgIpc) is 3.06. The van der Waals surface area contributed by atoms with Gasteiger partial charge in [-0.1, -0.05) is 0 Å². The van der Waals surface area contributed by atoms with E-state index in [1.165, 1.54) is 6.92 Å². The largest absolute Gasteiger partial charge is 0.433 e. The molecule has 0 saturated heterocycles. The molecule has 0 aliphatic rings. The van der Waals surface area contributed by atoms with Crippen molar-refractivity contribution < 1.29 is 18.0 Å². The summed E-state index contributed by atoms with van der Waals surface area (Å²) in [6.07, 6.45) is -3.01. The molecule has 0 saturated carbocycles. The fraction of sp³-hybridized carbons (Fsp3) is 0.286. The number of nitrogens with one attached hydrogen (secondary N) is 2. The Kier molecular flexibility index (Phi) is 3.74. The maximum Gasteiger partial charge on any atom is 0.433 e. The Morgan fingerprint density at radius 1 is 1.42 bits per heavy atom. The number of halogens is 3. The van der Waals surface area contributed by atoms with Gasteiger partial charge in [0.15, 0.2) is 11.3 Å². The molecule has 0 unspecified atom stereocenters. The molecule has 3 heterocycles. The number of hydrogen-bond donors (Lipinski definition) is 2. The van der Waals surface area contributed by atoms with Gasteiger partial charge in [-0.3, -0.25) is 19.8 Å². The van der Waals surface area contributed by atoms with Crippen molar-refractivity contribution in [1.29, 1.82) is 0 Å². The Morgan fingerprint density at radius 3 is 2.79 bits per heavy atom. The molecule has 0 aliphatic heterocycles. The Hall–Kier alpha value is -2.91. The molecule has 3 rings (SSSR count). The minimum absolute atomic E-state index is 0.201. The van der Waals surface area contributed by atoms with Gasteiger partial charge in [-0.25, -0.2) is 9.97 Å². The standard InChI is InChI=1S/C14H13F3N6O/c1-3-23-11-8(5-4-6-18-11)19-13(23)20-12(24)9-7(2)10(22-21-9)14(15,16)17/h4-6H,3H2,1-2H3,(H,21,22)(H,19,20,24). The van der Waals surface area contributed by atoms with Crippen molar-refractivity contribution in [3.63, 3.8) is 0 Å². The number of nitrogens with zero attached hydrogens (tertiary/aromatic N) is 4. The maximum absolute atomic E-state index is 12.8. The number of carbonyl (C=O) groups excluding carboxylic acids is 1. The fourth-order valence-electron chi connectivity index (χ4n) is 2.41. The zero-order valence-electron chi connectivity index (χ0n) is 12.8. The third kappa shape index (κ3) is 2.59. The van der Waals surface area contributed by atoms with Gasteiger partial charge in [0, 0.05) is 18.3 Å². The van der Waals surface area contributed by atoms with Crippen molar-refractivity contribution in [3.8, 4) is 0 Å². The molecule has 2 N–H and O–H groups in total. The number of pyridine rings is 1. The third-order valence-corrected chi connectivity index (χ3v) is 3.55. The predicted octanol–water partition coefficient (Wildman–Crippen LogP) is 2.75. The molecule has 1 amide bonds. The molecule has 0 spiro atoms. The van der Waals surface area contributed by atoms with Crippen LogP contribution in [0, 0.1) is 6.92 Å². The van der Waals surface area contributed by atoms with Crippen LogP contribution < -0.4 is 5.32 Å². The number of amides is 1. The molecule has 0 fully saturated rings. The van der Waals surface area contributed by atoms with Crippen LogP contribution in [-0.2, 0) is 12.7 Å². The molecule has 0 aliphatic carbocycles. The highest BCUT2D eigenvalue weighted by Gasteiger charge is 2.37. The first-order valence-corrected chi connectivity index (χ1v) is 7.07. The van der Waals surface area contributed by atoms with Gasteiger partial charge in [0.05, 0.1) is 0 Å². The summed E-state index contributed by atoms with van der Waals surface area (Å²) >= 11 is 0. The van der Waals surface area contributed by atoms with Crippen LogP contribution in [0.15, 0.2) is 18.3 Å². The number of alkyl halides is 3. The van der Waals surface area contributed by atoms with Crippen LogP contribution in [0.4, 0.5) is 19.1 Å². The van der Waals surface area contributed by atoms with Crippen LogP contribution in [0.1, 0.15) is 28.7 Å². The Labute approximate surface area is 133 Å². The molecular weight excluding hydrogens is 325 g/mol. The monoisotopic (exact) mass is 338 g/mol. The van der Waals surface area contributed by atoms with Gasteiger partial charge in [0.1, 0.15) is 11.2 Å². The van der Waals surface area contributed by atoms with Crippen molar-refractivity contribution in [2.75, 3.05) is 5.32 Å². The highest BCUT2D eigenvalue weighted by atomic mass is 19.4. The molecule has 3 aromatic heterocycles. The van der Waals surface area contributed by atoms with Crippen LogP contribution in [-0.4, -0.2) is 30.6 Å². The van der Waals surface area contributed by atoms with E-state index in [2.05, 4.69) is 20.4 Å². The number of fused-ring (bicyclic) bond motifs is 1. The number of aromatic nitrogens is 5. The van der Waals surface area contributed by atoms with Crippen molar-refractivity contribution in [3.05, 3.63) is 35.3 Å². The molecule has 10 heteroatoms. The molecule has 0 atom stereocenters. The van der Waals surface area contributed by atoms with E-state index in [9.17, 15) is 18.0 Å². The minimum Gasteiger partial charge on any atom is -0.295 e. The second kappa shape index (κ2) is 5.62. The molecular formula is C14H13F3N6O. The zero-order valence-corrected chi connectivity index (χ0v) is 12.8. The SMILES string of the molecule is CCn1c(NC(=O)c2n[nH]c(C(F)(F)F)c2C)nc2cccnc21. The lowest BCUT2D eigenvalue weighted by Crippen LogP contribution is -2.17. The van der Waals surface area contributed by atoms with Crippen molar-refractivity contribution >= 4 is 23.0 Å². The van der Waals surface area contributed by atoms with Crippen LogP contribution in [0.2, 0.25) is 0 Å². The number of imidazole rings is 1. The van der Waals surface area contributed by atoms with Gasteiger partial charge < -0.3 is 0 Å². The van der Waals surface area contributed by atoms with Crippen LogP contribution in [0.25, 0.3) is 11.2 Å². The molecule has 7 nitrogen and oxygen atoms in total. The van der Waals surface area contributed by atoms with E-state index in [0.29, 0.717) is 17.7 Å². The van der Waals surface area contributed by atoms with E-state index in [-0.39, 0.29) is 17.2 Å². The number of H-pyrrole nitrogens is 1. The lowest BCUT2D eigenvalue weighted by atomic mass is 10.2. The predicted molar refractivity (Wildman–Crippen MR) is 79.5 cm³/mol. The number of aryl methyl sites for hydroxylation is 1. The number of rotatable bonds is 3.